The van der Waals surface area contributed by atoms with E-state index < -0.39 is 5.82 Å². The van der Waals surface area contributed by atoms with Gasteiger partial charge in [0, 0.05) is 34.6 Å². The molecule has 0 radical (unpaired) electrons. The van der Waals surface area contributed by atoms with Crippen LogP contribution in [0.15, 0.2) is 54.7 Å². The number of benzene rings is 2. The zero-order valence-electron chi connectivity index (χ0n) is 13.9. The maximum Gasteiger partial charge on any atom is 0.259 e. The second kappa shape index (κ2) is 6.22. The molecule has 0 N–H and O–H groups in total. The van der Waals surface area contributed by atoms with Gasteiger partial charge in [0.05, 0.1) is 19.3 Å². The molecule has 0 aliphatic carbocycles. The van der Waals surface area contributed by atoms with E-state index in [2.05, 4.69) is 4.98 Å². The van der Waals surface area contributed by atoms with E-state index in [0.717, 1.165) is 5.56 Å². The maximum atomic E-state index is 13.5. The first-order chi connectivity index (χ1) is 12.6. The number of hydrogen-bond donors (Lipinski definition) is 0. The van der Waals surface area contributed by atoms with Crippen LogP contribution in [0.1, 0.15) is 15.9 Å². The number of halogens is 2. The van der Waals surface area contributed by atoms with Crippen LogP contribution in [0.25, 0.3) is 11.3 Å². The Labute approximate surface area is 148 Å². The van der Waals surface area contributed by atoms with Crippen molar-refractivity contribution in [2.75, 3.05) is 12.0 Å². The molecule has 0 saturated heterocycles. The van der Waals surface area contributed by atoms with Gasteiger partial charge >= 0.3 is 0 Å². The van der Waals surface area contributed by atoms with Crippen LogP contribution >= 0.6 is 0 Å². The summed E-state index contributed by atoms with van der Waals surface area (Å²) in [6.45, 7) is 0.295. The number of carbonyl (C=O) groups excluding carboxylic acids is 1. The molecule has 0 fully saturated rings. The molecule has 6 heteroatoms. The van der Waals surface area contributed by atoms with Crippen molar-refractivity contribution >= 4 is 11.6 Å². The number of rotatable bonds is 3. The van der Waals surface area contributed by atoms with Gasteiger partial charge in [0.1, 0.15) is 17.4 Å². The first-order valence-electron chi connectivity index (χ1n) is 7.97. The van der Waals surface area contributed by atoms with Crippen LogP contribution in [0.3, 0.4) is 0 Å². The molecule has 0 spiro atoms. The third kappa shape index (κ3) is 2.60. The average Bonchev–Trinajstić information content (AvgIpc) is 2.99. The number of anilines is 1. The smallest absolute Gasteiger partial charge is 0.259 e. The highest BCUT2D eigenvalue weighted by Crippen LogP contribution is 2.37. The molecule has 4 rings (SSSR count). The van der Waals surface area contributed by atoms with E-state index in [0.29, 0.717) is 34.8 Å². The molecule has 1 aliphatic heterocycles. The molecule has 1 aromatic heterocycles. The van der Waals surface area contributed by atoms with Crippen LogP contribution in [0.2, 0.25) is 0 Å². The third-order valence-corrected chi connectivity index (χ3v) is 4.40. The summed E-state index contributed by atoms with van der Waals surface area (Å²) in [6, 6.07) is 11.6. The van der Waals surface area contributed by atoms with Crippen LogP contribution < -0.4 is 9.64 Å². The van der Waals surface area contributed by atoms with Crippen LogP contribution in [-0.4, -0.2) is 18.0 Å². The minimum Gasteiger partial charge on any atom is -0.496 e. The lowest BCUT2D eigenvalue weighted by Gasteiger charge is -2.16. The molecular weight excluding hydrogens is 338 g/mol. The maximum absolute atomic E-state index is 13.5. The molecule has 0 unspecified atom stereocenters. The minimum atomic E-state index is -0.415. The second-order valence-corrected chi connectivity index (χ2v) is 5.90. The van der Waals surface area contributed by atoms with E-state index in [1.165, 1.54) is 31.4 Å². The van der Waals surface area contributed by atoms with E-state index in [1.54, 1.807) is 35.4 Å². The van der Waals surface area contributed by atoms with Gasteiger partial charge in [0.2, 0.25) is 0 Å². The zero-order chi connectivity index (χ0) is 18.3. The fourth-order valence-electron chi connectivity index (χ4n) is 3.15. The predicted molar refractivity (Wildman–Crippen MR) is 93.1 cm³/mol. The van der Waals surface area contributed by atoms with Crippen molar-refractivity contribution in [2.24, 2.45) is 0 Å². The predicted octanol–water partition coefficient (Wildman–Crippen LogP) is 4.20. The summed E-state index contributed by atoms with van der Waals surface area (Å²) in [5, 5.41) is 0. The summed E-state index contributed by atoms with van der Waals surface area (Å²) < 4.78 is 32.0. The van der Waals surface area contributed by atoms with Crippen LogP contribution in [0.5, 0.6) is 5.75 Å². The molecule has 26 heavy (non-hydrogen) atoms. The van der Waals surface area contributed by atoms with Gasteiger partial charge in [0.25, 0.3) is 5.91 Å². The van der Waals surface area contributed by atoms with Gasteiger partial charge < -0.3 is 9.64 Å². The number of nitrogens with zero attached hydrogens (tertiary/aromatic N) is 2. The summed E-state index contributed by atoms with van der Waals surface area (Å²) in [5.41, 5.74) is 3.03. The van der Waals surface area contributed by atoms with Crippen molar-refractivity contribution < 1.29 is 18.3 Å². The largest absolute Gasteiger partial charge is 0.496 e. The lowest BCUT2D eigenvalue weighted by atomic mass is 10.0. The van der Waals surface area contributed by atoms with Gasteiger partial charge in [-0.3, -0.25) is 9.78 Å². The van der Waals surface area contributed by atoms with Crippen molar-refractivity contribution in [1.82, 2.24) is 4.98 Å². The summed E-state index contributed by atoms with van der Waals surface area (Å²) in [7, 11) is 1.46. The highest BCUT2D eigenvalue weighted by atomic mass is 19.1. The Hall–Kier alpha value is -3.28. The molecule has 2 heterocycles. The summed E-state index contributed by atoms with van der Waals surface area (Å²) in [6.07, 6.45) is 1.54. The van der Waals surface area contributed by atoms with Crippen molar-refractivity contribution in [1.29, 1.82) is 0 Å². The number of pyridine rings is 1. The average molecular weight is 352 g/mol. The van der Waals surface area contributed by atoms with Gasteiger partial charge in [-0.1, -0.05) is 0 Å². The topological polar surface area (TPSA) is 42.4 Å². The number of methoxy groups -OCH3 is 1. The van der Waals surface area contributed by atoms with Crippen molar-refractivity contribution in [2.45, 2.75) is 6.54 Å². The highest BCUT2D eigenvalue weighted by molar-refractivity contribution is 6.11. The van der Waals surface area contributed by atoms with Gasteiger partial charge in [-0.05, 0) is 42.5 Å². The summed E-state index contributed by atoms with van der Waals surface area (Å²) in [5.74, 6) is -0.617. The van der Waals surface area contributed by atoms with Gasteiger partial charge in [-0.2, -0.15) is 0 Å². The van der Waals surface area contributed by atoms with Gasteiger partial charge in [-0.15, -0.1) is 0 Å². The molecule has 1 amide bonds. The van der Waals surface area contributed by atoms with Gasteiger partial charge in [-0.25, -0.2) is 8.78 Å². The fraction of sp³-hybridized carbons (Fsp3) is 0.100. The quantitative estimate of drug-likeness (QED) is 0.710. The van der Waals surface area contributed by atoms with Crippen molar-refractivity contribution in [3.63, 3.8) is 0 Å². The number of hydrogen-bond acceptors (Lipinski definition) is 3. The van der Waals surface area contributed by atoms with Crippen molar-refractivity contribution in [3.8, 4) is 17.0 Å². The summed E-state index contributed by atoms with van der Waals surface area (Å²) in [4.78, 5) is 18.7. The molecule has 0 atom stereocenters. The minimum absolute atomic E-state index is 0.184. The molecule has 3 aromatic rings. The van der Waals surface area contributed by atoms with Crippen molar-refractivity contribution in [3.05, 3.63) is 77.5 Å². The SMILES string of the molecule is COc1cc(F)ccc1-c1nccc2c1CN(c1ccc(F)cc1)C2=O. The van der Waals surface area contributed by atoms with Gasteiger partial charge in [0.15, 0.2) is 0 Å². The molecule has 2 aromatic carbocycles. The fourth-order valence-corrected chi connectivity index (χ4v) is 3.15. The molecular formula is C20H14F2N2O2. The first-order valence-corrected chi connectivity index (χ1v) is 7.97. The van der Waals surface area contributed by atoms with Crippen LogP contribution in [0, 0.1) is 11.6 Å². The number of amides is 1. The lowest BCUT2D eigenvalue weighted by Crippen LogP contribution is -2.22. The van der Waals surface area contributed by atoms with E-state index in [-0.39, 0.29) is 11.7 Å². The Morgan fingerprint density at radius 3 is 2.46 bits per heavy atom. The monoisotopic (exact) mass is 352 g/mol. The van der Waals surface area contributed by atoms with E-state index in [9.17, 15) is 13.6 Å². The molecule has 4 nitrogen and oxygen atoms in total. The summed E-state index contributed by atoms with van der Waals surface area (Å²) >= 11 is 0. The number of fused-ring (bicyclic) bond motifs is 1. The van der Waals surface area contributed by atoms with Crippen LogP contribution in [0.4, 0.5) is 14.5 Å². The van der Waals surface area contributed by atoms with E-state index >= 15 is 0 Å². The Bertz CT molecular complexity index is 1000. The Kier molecular flexibility index (Phi) is 3.88. The van der Waals surface area contributed by atoms with Crippen LogP contribution in [-0.2, 0) is 6.54 Å². The molecule has 0 saturated carbocycles. The number of ether oxygens (including phenoxy) is 1. The zero-order valence-corrected chi connectivity index (χ0v) is 13.9. The Morgan fingerprint density at radius 2 is 1.73 bits per heavy atom. The molecule has 130 valence electrons. The molecule has 0 bridgehead atoms. The normalized spacial score (nSPS) is 13.0. The third-order valence-electron chi connectivity index (χ3n) is 4.40. The first kappa shape index (κ1) is 16.2. The van der Waals surface area contributed by atoms with E-state index in [1.807, 2.05) is 0 Å². The number of aromatic nitrogens is 1. The number of carbonyl (C=O) groups is 1. The molecule has 1 aliphatic rings. The second-order valence-electron chi connectivity index (χ2n) is 5.90. The van der Waals surface area contributed by atoms with E-state index in [4.69, 9.17) is 4.74 Å². The standard InChI is InChI=1S/C20H14F2N2O2/c1-26-18-10-13(22)4-7-16(18)19-17-11-24(14-5-2-12(21)3-6-14)20(25)15(17)8-9-23-19/h2-10H,11H2,1H3. The highest BCUT2D eigenvalue weighted by Gasteiger charge is 2.32. The Balaban J connectivity index is 1.80. The lowest BCUT2D eigenvalue weighted by molar-refractivity contribution is 0.0996. The Morgan fingerprint density at radius 1 is 1.00 bits per heavy atom.